The lowest BCUT2D eigenvalue weighted by Gasteiger charge is -2.21. The number of hydrogen-bond acceptors (Lipinski definition) is 4. The van der Waals surface area contributed by atoms with Crippen LogP contribution in [0.15, 0.2) is 0 Å². The summed E-state index contributed by atoms with van der Waals surface area (Å²) in [6.45, 7) is 3.76. The van der Waals surface area contributed by atoms with Crippen LogP contribution in [0.4, 0.5) is 0 Å². The molecule has 0 spiro atoms. The summed E-state index contributed by atoms with van der Waals surface area (Å²) in [5, 5.41) is 17.5. The maximum atomic E-state index is 9.00. The van der Waals surface area contributed by atoms with E-state index in [0.717, 1.165) is 5.75 Å². The van der Waals surface area contributed by atoms with Crippen LogP contribution >= 0.6 is 23.5 Å². The van der Waals surface area contributed by atoms with Crippen molar-refractivity contribution in [2.75, 3.05) is 18.1 Å². The molecule has 0 aliphatic rings. The summed E-state index contributed by atoms with van der Waals surface area (Å²) < 4.78 is 0. The van der Waals surface area contributed by atoms with Crippen molar-refractivity contribution < 1.29 is 10.2 Å². The van der Waals surface area contributed by atoms with Gasteiger partial charge in [-0.25, -0.2) is 4.84 Å². The standard InChI is InChI=1S/C7H16ClNO2S/c1-7(2,9-8)5-12-4-6(11)3-10/h6,9-11H,3-5H2,1-2H3. The Morgan fingerprint density at radius 2 is 2.17 bits per heavy atom. The van der Waals surface area contributed by atoms with Gasteiger partial charge in [0.1, 0.15) is 0 Å². The molecule has 0 rings (SSSR count). The van der Waals surface area contributed by atoms with Crippen molar-refractivity contribution in [1.29, 1.82) is 0 Å². The lowest BCUT2D eigenvalue weighted by atomic mass is 10.1. The molecule has 0 fully saturated rings. The van der Waals surface area contributed by atoms with Crippen molar-refractivity contribution in [2.45, 2.75) is 25.5 Å². The van der Waals surface area contributed by atoms with E-state index in [1.165, 1.54) is 0 Å². The Balaban J connectivity index is 3.42. The van der Waals surface area contributed by atoms with Crippen LogP contribution in [0.25, 0.3) is 0 Å². The predicted molar refractivity (Wildman–Crippen MR) is 53.5 cm³/mol. The molecule has 0 radical (unpaired) electrons. The summed E-state index contributed by atoms with van der Waals surface area (Å²) in [5.41, 5.74) is -0.138. The Bertz CT molecular complexity index is 124. The SMILES string of the molecule is CC(C)(CSCC(O)CO)NCl. The summed E-state index contributed by atoms with van der Waals surface area (Å²) in [6.07, 6.45) is -0.624. The van der Waals surface area contributed by atoms with Crippen molar-refractivity contribution in [1.82, 2.24) is 4.84 Å². The second-order valence-corrected chi connectivity index (χ2v) is 4.55. The third kappa shape index (κ3) is 6.08. The minimum atomic E-state index is -0.624. The van der Waals surface area contributed by atoms with Crippen molar-refractivity contribution >= 4 is 23.5 Å². The Kier molecular flexibility index (Phi) is 6.31. The highest BCUT2D eigenvalue weighted by Crippen LogP contribution is 2.13. The number of halogens is 1. The smallest absolute Gasteiger partial charge is 0.0861 e. The first-order valence-electron chi connectivity index (χ1n) is 3.76. The van der Waals surface area contributed by atoms with E-state index in [4.69, 9.17) is 22.0 Å². The monoisotopic (exact) mass is 213 g/mol. The van der Waals surface area contributed by atoms with E-state index < -0.39 is 6.10 Å². The van der Waals surface area contributed by atoms with Gasteiger partial charge in [0.25, 0.3) is 0 Å². The molecule has 3 N–H and O–H groups in total. The number of thioether (sulfide) groups is 1. The van der Waals surface area contributed by atoms with Crippen LogP contribution in [0, 0.1) is 0 Å². The molecule has 0 saturated heterocycles. The fourth-order valence-corrected chi connectivity index (χ4v) is 1.75. The fraction of sp³-hybridized carbons (Fsp3) is 1.00. The molecule has 0 aliphatic heterocycles. The van der Waals surface area contributed by atoms with Crippen LogP contribution in [-0.4, -0.2) is 40.0 Å². The van der Waals surface area contributed by atoms with Crippen molar-refractivity contribution in [2.24, 2.45) is 0 Å². The number of aliphatic hydroxyl groups is 2. The molecule has 0 aliphatic carbocycles. The first-order chi connectivity index (χ1) is 5.52. The van der Waals surface area contributed by atoms with Gasteiger partial charge < -0.3 is 10.2 Å². The Hall–Kier alpha value is 0.520. The number of aliphatic hydroxyl groups excluding tert-OH is 2. The molecule has 0 aromatic carbocycles. The van der Waals surface area contributed by atoms with Crippen molar-refractivity contribution in [3.05, 3.63) is 0 Å². The van der Waals surface area contributed by atoms with Gasteiger partial charge in [0, 0.05) is 17.0 Å². The molecule has 1 atom stereocenters. The molecular formula is C7H16ClNO2S. The molecule has 5 heteroatoms. The van der Waals surface area contributed by atoms with Crippen LogP contribution in [0.5, 0.6) is 0 Å². The molecule has 0 heterocycles. The largest absolute Gasteiger partial charge is 0.394 e. The lowest BCUT2D eigenvalue weighted by Crippen LogP contribution is -2.35. The molecule has 12 heavy (non-hydrogen) atoms. The highest BCUT2D eigenvalue weighted by atomic mass is 35.5. The Morgan fingerprint density at radius 1 is 1.58 bits per heavy atom. The fourth-order valence-electron chi connectivity index (χ4n) is 0.530. The van der Waals surface area contributed by atoms with Crippen LogP contribution < -0.4 is 4.84 Å². The van der Waals surface area contributed by atoms with Crippen LogP contribution in [-0.2, 0) is 0 Å². The predicted octanol–water partition coefficient (Wildman–Crippen LogP) is 0.595. The Morgan fingerprint density at radius 3 is 2.58 bits per heavy atom. The van der Waals surface area contributed by atoms with Crippen LogP contribution in [0.3, 0.4) is 0 Å². The van der Waals surface area contributed by atoms with Gasteiger partial charge in [0.2, 0.25) is 0 Å². The zero-order valence-corrected chi connectivity index (χ0v) is 8.95. The lowest BCUT2D eigenvalue weighted by molar-refractivity contribution is 0.113. The summed E-state index contributed by atoms with van der Waals surface area (Å²) in [6, 6.07) is 0. The van der Waals surface area contributed by atoms with Gasteiger partial charge in [-0.3, -0.25) is 0 Å². The normalized spacial score (nSPS) is 14.8. The second-order valence-electron chi connectivity index (χ2n) is 3.33. The second kappa shape index (κ2) is 6.05. The average Bonchev–Trinajstić information content (AvgIpc) is 2.04. The van der Waals surface area contributed by atoms with Crippen LogP contribution in [0.1, 0.15) is 13.8 Å². The minimum Gasteiger partial charge on any atom is -0.394 e. The maximum Gasteiger partial charge on any atom is 0.0861 e. The third-order valence-corrected chi connectivity index (χ3v) is 3.30. The zero-order valence-electron chi connectivity index (χ0n) is 7.38. The zero-order chi connectivity index (χ0) is 9.61. The van der Waals surface area contributed by atoms with Gasteiger partial charge in [-0.1, -0.05) is 0 Å². The van der Waals surface area contributed by atoms with Gasteiger partial charge in [0.15, 0.2) is 0 Å². The maximum absolute atomic E-state index is 9.00. The molecular weight excluding hydrogens is 198 g/mol. The third-order valence-electron chi connectivity index (χ3n) is 1.24. The molecule has 3 nitrogen and oxygen atoms in total. The quantitative estimate of drug-likeness (QED) is 0.566. The minimum absolute atomic E-state index is 0.138. The van der Waals surface area contributed by atoms with Gasteiger partial charge in [0.05, 0.1) is 12.7 Å². The van der Waals surface area contributed by atoms with Gasteiger partial charge in [-0.05, 0) is 25.6 Å². The topological polar surface area (TPSA) is 52.5 Å². The van der Waals surface area contributed by atoms with E-state index in [1.807, 2.05) is 13.8 Å². The van der Waals surface area contributed by atoms with E-state index in [9.17, 15) is 0 Å². The van der Waals surface area contributed by atoms with E-state index in [-0.39, 0.29) is 12.1 Å². The first kappa shape index (κ1) is 12.5. The first-order valence-corrected chi connectivity index (χ1v) is 5.29. The summed E-state index contributed by atoms with van der Waals surface area (Å²) >= 11 is 7.03. The van der Waals surface area contributed by atoms with E-state index >= 15 is 0 Å². The van der Waals surface area contributed by atoms with Gasteiger partial charge in [-0.15, -0.1) is 0 Å². The highest BCUT2D eigenvalue weighted by Gasteiger charge is 2.16. The summed E-state index contributed by atoms with van der Waals surface area (Å²) in [7, 11) is 0. The number of rotatable bonds is 6. The van der Waals surface area contributed by atoms with Gasteiger partial charge in [-0.2, -0.15) is 11.8 Å². The van der Waals surface area contributed by atoms with Crippen molar-refractivity contribution in [3.8, 4) is 0 Å². The molecule has 0 aromatic rings. The number of hydrogen-bond donors (Lipinski definition) is 3. The molecule has 1 unspecified atom stereocenters. The van der Waals surface area contributed by atoms with Gasteiger partial charge >= 0.3 is 0 Å². The van der Waals surface area contributed by atoms with E-state index in [1.54, 1.807) is 11.8 Å². The number of nitrogens with one attached hydrogen (secondary N) is 1. The Labute approximate surface area is 82.6 Å². The molecule has 0 amide bonds. The van der Waals surface area contributed by atoms with E-state index in [0.29, 0.717) is 5.75 Å². The average molecular weight is 214 g/mol. The van der Waals surface area contributed by atoms with Crippen molar-refractivity contribution in [3.63, 3.8) is 0 Å². The summed E-state index contributed by atoms with van der Waals surface area (Å²) in [4.78, 5) is 2.64. The highest BCUT2D eigenvalue weighted by molar-refractivity contribution is 7.99. The molecule has 74 valence electrons. The summed E-state index contributed by atoms with van der Waals surface area (Å²) in [5.74, 6) is 1.34. The molecule has 0 bridgehead atoms. The molecule has 0 aromatic heterocycles. The van der Waals surface area contributed by atoms with E-state index in [2.05, 4.69) is 4.84 Å². The van der Waals surface area contributed by atoms with Crippen LogP contribution in [0.2, 0.25) is 0 Å². The molecule has 0 saturated carbocycles.